The summed E-state index contributed by atoms with van der Waals surface area (Å²) in [4.78, 5) is 26.5. The van der Waals surface area contributed by atoms with Gasteiger partial charge in [0.15, 0.2) is 0 Å². The monoisotopic (exact) mass is 355 g/mol. The van der Waals surface area contributed by atoms with Crippen molar-refractivity contribution in [1.29, 1.82) is 0 Å². The van der Waals surface area contributed by atoms with Crippen LogP contribution >= 0.6 is 12.4 Å². The quantitative estimate of drug-likeness (QED) is 0.868. The number of nitrogens with two attached hydrogens (primary N) is 1. The maximum atomic E-state index is 12.5. The van der Waals surface area contributed by atoms with Crippen LogP contribution in [0.25, 0.3) is 0 Å². The summed E-state index contributed by atoms with van der Waals surface area (Å²) in [5.41, 5.74) is 6.16. The lowest BCUT2D eigenvalue weighted by Crippen LogP contribution is -2.58. The molecule has 1 aromatic heterocycles. The van der Waals surface area contributed by atoms with Crippen molar-refractivity contribution in [3.8, 4) is 0 Å². The molecule has 3 rings (SSSR count). The number of carbonyl (C=O) groups excluding carboxylic acids is 2. The zero-order valence-electron chi connectivity index (χ0n) is 13.8. The number of carbonyl (C=O) groups is 2. The standard InChI is InChI=1S/C17H25N3O3.ClH/c18-17(7-2-1-3-8-17)16(22)19-14-4-9-20(10-5-14)15(21)13-6-11-23-12-13;/h6,11-12,14H,1-5,7-10,18H2,(H,19,22);1H. The largest absolute Gasteiger partial charge is 0.472 e. The molecule has 3 N–H and O–H groups in total. The fourth-order valence-corrected chi connectivity index (χ4v) is 3.53. The number of hydrogen-bond acceptors (Lipinski definition) is 4. The Kier molecular flexibility index (Phi) is 6.29. The molecular weight excluding hydrogens is 330 g/mol. The molecule has 2 amide bonds. The summed E-state index contributed by atoms with van der Waals surface area (Å²) in [6, 6.07) is 1.79. The van der Waals surface area contributed by atoms with E-state index in [-0.39, 0.29) is 30.3 Å². The van der Waals surface area contributed by atoms with Crippen molar-refractivity contribution in [2.45, 2.75) is 56.5 Å². The molecule has 2 fully saturated rings. The zero-order chi connectivity index (χ0) is 16.3. The van der Waals surface area contributed by atoms with Gasteiger partial charge in [0.25, 0.3) is 5.91 Å². The first-order valence-corrected chi connectivity index (χ1v) is 8.50. The predicted molar refractivity (Wildman–Crippen MR) is 93.0 cm³/mol. The number of likely N-dealkylation sites (tertiary alicyclic amines) is 1. The molecule has 1 aliphatic heterocycles. The molecule has 7 heteroatoms. The topological polar surface area (TPSA) is 88.6 Å². The van der Waals surface area contributed by atoms with Crippen LogP contribution in [-0.2, 0) is 4.79 Å². The van der Waals surface area contributed by atoms with E-state index in [2.05, 4.69) is 5.32 Å². The van der Waals surface area contributed by atoms with E-state index in [1.807, 2.05) is 4.90 Å². The van der Waals surface area contributed by atoms with Crippen LogP contribution in [0.4, 0.5) is 0 Å². The van der Waals surface area contributed by atoms with Crippen LogP contribution in [0.2, 0.25) is 0 Å². The number of piperidine rings is 1. The number of nitrogens with zero attached hydrogens (tertiary/aromatic N) is 1. The van der Waals surface area contributed by atoms with Gasteiger partial charge in [0.2, 0.25) is 5.91 Å². The van der Waals surface area contributed by atoms with Crippen LogP contribution in [0.3, 0.4) is 0 Å². The van der Waals surface area contributed by atoms with Gasteiger partial charge in [0.1, 0.15) is 6.26 Å². The van der Waals surface area contributed by atoms with Crippen LogP contribution in [0.5, 0.6) is 0 Å². The molecule has 134 valence electrons. The lowest BCUT2D eigenvalue weighted by Gasteiger charge is -2.36. The highest BCUT2D eigenvalue weighted by Gasteiger charge is 2.36. The van der Waals surface area contributed by atoms with Crippen LogP contribution in [0, 0.1) is 0 Å². The molecule has 0 unspecified atom stereocenters. The van der Waals surface area contributed by atoms with Gasteiger partial charge < -0.3 is 20.4 Å². The molecule has 0 atom stereocenters. The van der Waals surface area contributed by atoms with Crippen LogP contribution in [-0.4, -0.2) is 41.4 Å². The van der Waals surface area contributed by atoms with E-state index in [0.29, 0.717) is 18.7 Å². The van der Waals surface area contributed by atoms with Crippen molar-refractivity contribution in [3.63, 3.8) is 0 Å². The van der Waals surface area contributed by atoms with E-state index in [0.717, 1.165) is 38.5 Å². The Morgan fingerprint density at radius 1 is 1.21 bits per heavy atom. The second kappa shape index (κ2) is 8.03. The lowest BCUT2D eigenvalue weighted by atomic mass is 9.81. The Morgan fingerprint density at radius 2 is 1.88 bits per heavy atom. The predicted octanol–water partition coefficient (Wildman–Crippen LogP) is 2.08. The van der Waals surface area contributed by atoms with Gasteiger partial charge in [0, 0.05) is 19.1 Å². The average molecular weight is 356 g/mol. The Balaban J connectivity index is 0.00000208. The molecule has 1 saturated carbocycles. The van der Waals surface area contributed by atoms with E-state index in [1.165, 1.54) is 18.9 Å². The summed E-state index contributed by atoms with van der Waals surface area (Å²) in [6.45, 7) is 1.29. The highest BCUT2D eigenvalue weighted by Crippen LogP contribution is 2.26. The number of hydrogen-bond donors (Lipinski definition) is 2. The molecule has 1 aromatic rings. The van der Waals surface area contributed by atoms with Crippen molar-refractivity contribution in [1.82, 2.24) is 10.2 Å². The lowest BCUT2D eigenvalue weighted by molar-refractivity contribution is -0.128. The molecule has 0 radical (unpaired) electrons. The molecule has 2 heterocycles. The number of rotatable bonds is 3. The fourth-order valence-electron chi connectivity index (χ4n) is 3.53. The summed E-state index contributed by atoms with van der Waals surface area (Å²) in [6.07, 6.45) is 9.29. The van der Waals surface area contributed by atoms with Crippen LogP contribution in [0.1, 0.15) is 55.3 Å². The van der Waals surface area contributed by atoms with E-state index >= 15 is 0 Å². The van der Waals surface area contributed by atoms with E-state index < -0.39 is 5.54 Å². The van der Waals surface area contributed by atoms with Crippen LogP contribution in [0.15, 0.2) is 23.0 Å². The van der Waals surface area contributed by atoms with Gasteiger partial charge in [-0.25, -0.2) is 0 Å². The van der Waals surface area contributed by atoms with Crippen molar-refractivity contribution < 1.29 is 14.0 Å². The Labute approximate surface area is 148 Å². The Bertz CT molecular complexity index is 547. The average Bonchev–Trinajstić information content (AvgIpc) is 3.10. The van der Waals surface area contributed by atoms with E-state index in [1.54, 1.807) is 6.07 Å². The molecule has 1 aliphatic carbocycles. The number of furan rings is 1. The second-order valence-electron chi connectivity index (χ2n) is 6.77. The first kappa shape index (κ1) is 18.8. The molecule has 6 nitrogen and oxygen atoms in total. The normalized spacial score (nSPS) is 21.0. The summed E-state index contributed by atoms with van der Waals surface area (Å²) in [7, 11) is 0. The summed E-state index contributed by atoms with van der Waals surface area (Å²) in [5, 5.41) is 3.10. The third kappa shape index (κ3) is 4.11. The zero-order valence-corrected chi connectivity index (χ0v) is 14.6. The maximum absolute atomic E-state index is 12.5. The molecule has 24 heavy (non-hydrogen) atoms. The van der Waals surface area contributed by atoms with Crippen LogP contribution < -0.4 is 11.1 Å². The summed E-state index contributed by atoms with van der Waals surface area (Å²) >= 11 is 0. The highest BCUT2D eigenvalue weighted by atomic mass is 35.5. The highest BCUT2D eigenvalue weighted by molar-refractivity contribution is 5.94. The Morgan fingerprint density at radius 3 is 2.46 bits per heavy atom. The van der Waals surface area contributed by atoms with Gasteiger partial charge in [-0.15, -0.1) is 12.4 Å². The molecule has 0 bridgehead atoms. The minimum atomic E-state index is -0.692. The minimum Gasteiger partial charge on any atom is -0.472 e. The first-order valence-electron chi connectivity index (χ1n) is 8.50. The Hall–Kier alpha value is -1.53. The maximum Gasteiger partial charge on any atom is 0.257 e. The van der Waals surface area contributed by atoms with E-state index in [4.69, 9.17) is 10.2 Å². The van der Waals surface area contributed by atoms with Gasteiger partial charge in [-0.3, -0.25) is 9.59 Å². The smallest absolute Gasteiger partial charge is 0.257 e. The SMILES string of the molecule is Cl.NC1(C(=O)NC2CCN(C(=O)c3ccoc3)CC2)CCCCC1. The van der Waals surface area contributed by atoms with Gasteiger partial charge in [0.05, 0.1) is 17.4 Å². The van der Waals surface area contributed by atoms with Crippen molar-refractivity contribution in [2.75, 3.05) is 13.1 Å². The third-order valence-electron chi connectivity index (χ3n) is 5.08. The molecule has 1 saturated heterocycles. The molecular formula is C17H26ClN3O3. The molecule has 0 spiro atoms. The summed E-state index contributed by atoms with van der Waals surface area (Å²) in [5.74, 6) is -0.0251. The van der Waals surface area contributed by atoms with Gasteiger partial charge in [-0.05, 0) is 31.7 Å². The van der Waals surface area contributed by atoms with Crippen molar-refractivity contribution in [2.24, 2.45) is 5.73 Å². The first-order chi connectivity index (χ1) is 11.1. The second-order valence-corrected chi connectivity index (χ2v) is 6.77. The minimum absolute atomic E-state index is 0. The fraction of sp³-hybridized carbons (Fsp3) is 0.647. The number of nitrogens with one attached hydrogen (secondary N) is 1. The molecule has 0 aromatic carbocycles. The third-order valence-corrected chi connectivity index (χ3v) is 5.08. The summed E-state index contributed by atoms with van der Waals surface area (Å²) < 4.78 is 4.96. The van der Waals surface area contributed by atoms with Gasteiger partial charge in [-0.1, -0.05) is 19.3 Å². The van der Waals surface area contributed by atoms with Crippen molar-refractivity contribution in [3.05, 3.63) is 24.2 Å². The van der Waals surface area contributed by atoms with Gasteiger partial charge >= 0.3 is 0 Å². The van der Waals surface area contributed by atoms with E-state index in [9.17, 15) is 9.59 Å². The number of amides is 2. The van der Waals surface area contributed by atoms with Gasteiger partial charge in [-0.2, -0.15) is 0 Å². The van der Waals surface area contributed by atoms with Crippen molar-refractivity contribution >= 4 is 24.2 Å². The molecule has 2 aliphatic rings. The number of halogens is 1.